The van der Waals surface area contributed by atoms with E-state index in [0.29, 0.717) is 10.9 Å². The number of carbonyl (C=O) groups is 2. The highest BCUT2D eigenvalue weighted by molar-refractivity contribution is 8.22. The molecule has 30 heavy (non-hydrogen) atoms. The van der Waals surface area contributed by atoms with Crippen LogP contribution in [0.5, 0.6) is 0 Å². The third-order valence-corrected chi connectivity index (χ3v) is 6.34. The molecule has 1 unspecified atom stereocenters. The van der Waals surface area contributed by atoms with Crippen molar-refractivity contribution < 1.29 is 14.3 Å². The maximum atomic E-state index is 13.1. The smallest absolute Gasteiger partial charge is 0.245 e. The first-order valence-electron chi connectivity index (χ1n) is 10.3. The molecule has 2 amide bonds. The summed E-state index contributed by atoms with van der Waals surface area (Å²) < 4.78 is 6.65. The first-order valence-corrected chi connectivity index (χ1v) is 11.7. The normalized spacial score (nSPS) is 19.4. The molecule has 1 fully saturated rings. The maximum Gasteiger partial charge on any atom is 0.245 e. The van der Waals surface area contributed by atoms with Gasteiger partial charge < -0.3 is 15.4 Å². The Bertz CT molecular complexity index is 753. The number of hydrogen-bond acceptors (Lipinski definition) is 5. The quantitative estimate of drug-likeness (QED) is 0.466. The second kappa shape index (κ2) is 10.6. The van der Waals surface area contributed by atoms with E-state index in [9.17, 15) is 9.59 Å². The number of ether oxygens (including phenoxy) is 1. The molecule has 0 spiro atoms. The van der Waals surface area contributed by atoms with Crippen LogP contribution in [0.15, 0.2) is 30.3 Å². The van der Waals surface area contributed by atoms with Gasteiger partial charge in [-0.2, -0.15) is 0 Å². The summed E-state index contributed by atoms with van der Waals surface area (Å²) >= 11 is 6.84. The van der Waals surface area contributed by atoms with Gasteiger partial charge in [0.1, 0.15) is 16.1 Å². The van der Waals surface area contributed by atoms with Crippen molar-refractivity contribution in [3.8, 4) is 0 Å². The van der Waals surface area contributed by atoms with Gasteiger partial charge in [-0.3, -0.25) is 14.5 Å². The number of rotatable bonds is 8. The van der Waals surface area contributed by atoms with Crippen LogP contribution < -0.4 is 10.6 Å². The zero-order valence-corrected chi connectivity index (χ0v) is 20.1. The molecule has 1 aliphatic heterocycles. The number of carbonyl (C=O) groups excluding carboxylic acids is 2. The molecule has 1 atom stereocenters. The molecule has 166 valence electrons. The number of nitrogens with zero attached hydrogens (tertiary/aromatic N) is 1. The van der Waals surface area contributed by atoms with Crippen LogP contribution in [0.4, 0.5) is 0 Å². The van der Waals surface area contributed by atoms with Gasteiger partial charge in [-0.25, -0.2) is 0 Å². The largest absolute Gasteiger partial charge is 0.362 e. The van der Waals surface area contributed by atoms with Crippen LogP contribution in [-0.2, 0) is 20.1 Å². The molecule has 0 saturated carbocycles. The summed E-state index contributed by atoms with van der Waals surface area (Å²) in [5.74, 6) is 0.326. The molecule has 0 radical (unpaired) electrons. The number of thiocarbonyl (C=S) groups is 1. The topological polar surface area (TPSA) is 70.7 Å². The Morgan fingerprint density at radius 2 is 1.83 bits per heavy atom. The molecule has 8 heteroatoms. The van der Waals surface area contributed by atoms with Crippen molar-refractivity contribution in [1.82, 2.24) is 15.5 Å². The molecule has 0 bridgehead atoms. The Kier molecular flexibility index (Phi) is 8.70. The van der Waals surface area contributed by atoms with Gasteiger partial charge >= 0.3 is 0 Å². The van der Waals surface area contributed by atoms with Crippen molar-refractivity contribution in [2.45, 2.75) is 70.6 Å². The Morgan fingerprint density at radius 3 is 2.47 bits per heavy atom. The van der Waals surface area contributed by atoms with E-state index in [4.69, 9.17) is 17.0 Å². The van der Waals surface area contributed by atoms with Gasteiger partial charge in [-0.05, 0) is 39.7 Å². The fraction of sp³-hybridized carbons (Fsp3) is 0.591. The van der Waals surface area contributed by atoms with E-state index >= 15 is 0 Å². The summed E-state index contributed by atoms with van der Waals surface area (Å²) in [6.45, 7) is 9.99. The van der Waals surface area contributed by atoms with Gasteiger partial charge in [-0.1, -0.05) is 67.7 Å². The van der Waals surface area contributed by atoms with Crippen LogP contribution in [0.3, 0.4) is 0 Å². The molecule has 2 N–H and O–H groups in total. The number of hydrogen-bond donors (Lipinski definition) is 2. The second-order valence-electron chi connectivity index (χ2n) is 8.38. The summed E-state index contributed by atoms with van der Waals surface area (Å²) in [4.78, 5) is 27.6. The standard InChI is InChI=1S/C22H33N3O3S2/c1-6-7-13-23-19(27)18-21(2,3)28-22(4,5)25(18)17(26)14-24-20(29)30-15-16-11-9-8-10-12-16/h8-12,18H,6-7,13-15H2,1-5H3,(H,23,27)(H,24,29). The lowest BCUT2D eigenvalue weighted by Gasteiger charge is -2.33. The lowest BCUT2D eigenvalue weighted by Crippen LogP contribution is -2.58. The summed E-state index contributed by atoms with van der Waals surface area (Å²) in [6.07, 6.45) is 1.88. The zero-order valence-electron chi connectivity index (χ0n) is 18.5. The predicted octanol–water partition coefficient (Wildman–Crippen LogP) is 3.45. The van der Waals surface area contributed by atoms with Crippen molar-refractivity contribution >= 4 is 40.1 Å². The summed E-state index contributed by atoms with van der Waals surface area (Å²) in [5, 5.41) is 5.97. The van der Waals surface area contributed by atoms with Crippen molar-refractivity contribution in [2.24, 2.45) is 0 Å². The van der Waals surface area contributed by atoms with Gasteiger partial charge in [0.05, 0.1) is 12.1 Å². The van der Waals surface area contributed by atoms with Crippen molar-refractivity contribution in [2.75, 3.05) is 13.1 Å². The lowest BCUT2D eigenvalue weighted by molar-refractivity contribution is -0.150. The molecule has 0 aliphatic carbocycles. The Morgan fingerprint density at radius 1 is 1.17 bits per heavy atom. The van der Waals surface area contributed by atoms with Gasteiger partial charge in [0.15, 0.2) is 0 Å². The lowest BCUT2D eigenvalue weighted by atomic mass is 9.97. The third kappa shape index (κ3) is 6.43. The molecule has 1 saturated heterocycles. The van der Waals surface area contributed by atoms with Crippen molar-refractivity contribution in [1.29, 1.82) is 0 Å². The molecular formula is C22H33N3O3S2. The van der Waals surface area contributed by atoms with Crippen LogP contribution in [0.1, 0.15) is 53.0 Å². The van der Waals surface area contributed by atoms with E-state index < -0.39 is 17.4 Å². The highest BCUT2D eigenvalue weighted by Gasteiger charge is 2.57. The number of unbranched alkanes of at least 4 members (excludes halogenated alkanes) is 1. The van der Waals surface area contributed by atoms with E-state index in [2.05, 4.69) is 17.6 Å². The van der Waals surface area contributed by atoms with Gasteiger partial charge in [0.2, 0.25) is 11.8 Å². The van der Waals surface area contributed by atoms with Crippen molar-refractivity contribution in [3.63, 3.8) is 0 Å². The monoisotopic (exact) mass is 451 g/mol. The maximum absolute atomic E-state index is 13.1. The van der Waals surface area contributed by atoms with E-state index in [-0.39, 0.29) is 18.4 Å². The first kappa shape index (κ1) is 24.6. The Balaban J connectivity index is 1.99. The molecule has 6 nitrogen and oxygen atoms in total. The Hall–Kier alpha value is -1.64. The molecule has 1 aromatic carbocycles. The number of amides is 2. The van der Waals surface area contributed by atoms with Gasteiger partial charge in [0.25, 0.3) is 0 Å². The second-order valence-corrected chi connectivity index (χ2v) is 10.0. The highest BCUT2D eigenvalue weighted by Crippen LogP contribution is 2.39. The molecule has 2 rings (SSSR count). The number of thioether (sulfide) groups is 1. The van der Waals surface area contributed by atoms with E-state index in [0.717, 1.165) is 24.2 Å². The third-order valence-electron chi connectivity index (χ3n) is 4.95. The molecule has 1 heterocycles. The predicted molar refractivity (Wildman–Crippen MR) is 126 cm³/mol. The van der Waals surface area contributed by atoms with Crippen LogP contribution >= 0.6 is 24.0 Å². The van der Waals surface area contributed by atoms with E-state index in [1.54, 1.807) is 4.90 Å². The molecule has 1 aromatic rings. The minimum Gasteiger partial charge on any atom is -0.362 e. The van der Waals surface area contributed by atoms with Gasteiger partial charge in [0, 0.05) is 12.3 Å². The SMILES string of the molecule is CCCCNC(=O)C1N(C(=O)CNC(=S)SCc2ccccc2)C(C)(C)OC1(C)C. The minimum atomic E-state index is -0.895. The fourth-order valence-corrected chi connectivity index (χ4v) is 4.65. The van der Waals surface area contributed by atoms with Crippen LogP contribution in [0, 0.1) is 0 Å². The van der Waals surface area contributed by atoms with Crippen LogP contribution in [0.2, 0.25) is 0 Å². The fourth-order valence-electron chi connectivity index (χ4n) is 3.74. The molecule has 1 aliphatic rings. The first-order chi connectivity index (χ1) is 14.1. The van der Waals surface area contributed by atoms with Gasteiger partial charge in [-0.15, -0.1) is 0 Å². The summed E-state index contributed by atoms with van der Waals surface area (Å²) in [6, 6.07) is 9.31. The number of benzene rings is 1. The van der Waals surface area contributed by atoms with Crippen LogP contribution in [0.25, 0.3) is 0 Å². The van der Waals surface area contributed by atoms with Crippen molar-refractivity contribution in [3.05, 3.63) is 35.9 Å². The summed E-state index contributed by atoms with van der Waals surface area (Å²) in [7, 11) is 0. The average Bonchev–Trinajstić information content (AvgIpc) is 2.88. The minimum absolute atomic E-state index is 0.0161. The highest BCUT2D eigenvalue weighted by atomic mass is 32.2. The molecular weight excluding hydrogens is 418 g/mol. The van der Waals surface area contributed by atoms with Crippen LogP contribution in [-0.4, -0.2) is 51.5 Å². The zero-order chi connectivity index (χ0) is 22.4. The van der Waals surface area contributed by atoms with E-state index in [1.807, 2.05) is 58.0 Å². The Labute approximate surface area is 189 Å². The number of nitrogens with one attached hydrogen (secondary N) is 2. The molecule has 0 aromatic heterocycles. The van der Waals surface area contributed by atoms with E-state index in [1.165, 1.54) is 11.8 Å². The summed E-state index contributed by atoms with van der Waals surface area (Å²) in [5.41, 5.74) is -0.524. The average molecular weight is 452 g/mol.